The number of carbonyl (C=O) groups excluding carboxylic acids is 2. The van der Waals surface area contributed by atoms with Crippen molar-refractivity contribution in [3.05, 3.63) is 51.1 Å². The molecule has 132 valence electrons. The molecule has 1 aliphatic rings. The number of carbonyl (C=O) groups is 3. The number of nitro groups is 1. The van der Waals surface area contributed by atoms with Crippen LogP contribution < -0.4 is 0 Å². The molecule has 1 N–H and O–H groups in total. The standard InChI is InChI=1S/C16H16N2O6S/c1-3-25-16-13(11(8-12(19)20)15(22)17(16)2)14(21)9-4-6-10(7-5-9)18(23)24/h4-7,16H,3,8H2,1-2H3,(H,19,20)/t16-/m0/s1. The first-order chi connectivity index (χ1) is 11.8. The predicted molar refractivity (Wildman–Crippen MR) is 91.4 cm³/mol. The predicted octanol–water partition coefficient (Wildman–Crippen LogP) is 2.10. The van der Waals surface area contributed by atoms with Gasteiger partial charge in [-0.3, -0.25) is 24.5 Å². The van der Waals surface area contributed by atoms with E-state index in [9.17, 15) is 24.5 Å². The second-order valence-electron chi connectivity index (χ2n) is 5.32. The number of rotatable bonds is 7. The lowest BCUT2D eigenvalue weighted by atomic mass is 9.98. The summed E-state index contributed by atoms with van der Waals surface area (Å²) in [5.41, 5.74) is 0.114. The van der Waals surface area contributed by atoms with Crippen LogP contribution in [-0.2, 0) is 9.59 Å². The number of ketones is 1. The number of carboxylic acid groups (broad SMARTS) is 1. The van der Waals surface area contributed by atoms with E-state index in [2.05, 4.69) is 0 Å². The summed E-state index contributed by atoms with van der Waals surface area (Å²) in [7, 11) is 1.52. The van der Waals surface area contributed by atoms with Crippen LogP contribution in [0.4, 0.5) is 5.69 Å². The van der Waals surface area contributed by atoms with Gasteiger partial charge in [-0.2, -0.15) is 0 Å². The number of hydrogen-bond acceptors (Lipinski definition) is 6. The van der Waals surface area contributed by atoms with Gasteiger partial charge in [-0.05, 0) is 17.9 Å². The highest BCUT2D eigenvalue weighted by atomic mass is 32.2. The molecule has 25 heavy (non-hydrogen) atoms. The van der Waals surface area contributed by atoms with Crippen LogP contribution in [0.2, 0.25) is 0 Å². The smallest absolute Gasteiger partial charge is 0.308 e. The Morgan fingerprint density at radius 1 is 1.32 bits per heavy atom. The highest BCUT2D eigenvalue weighted by Crippen LogP contribution is 2.36. The van der Waals surface area contributed by atoms with Crippen molar-refractivity contribution in [2.45, 2.75) is 18.7 Å². The topological polar surface area (TPSA) is 118 Å². The highest BCUT2D eigenvalue weighted by molar-refractivity contribution is 8.00. The number of hydrogen-bond donors (Lipinski definition) is 1. The largest absolute Gasteiger partial charge is 0.481 e. The molecule has 1 heterocycles. The molecule has 2 rings (SSSR count). The zero-order chi connectivity index (χ0) is 18.7. The minimum Gasteiger partial charge on any atom is -0.481 e. The average Bonchev–Trinajstić information content (AvgIpc) is 2.79. The fourth-order valence-corrected chi connectivity index (χ4v) is 3.64. The van der Waals surface area contributed by atoms with E-state index in [-0.39, 0.29) is 22.4 Å². The van der Waals surface area contributed by atoms with Crippen molar-refractivity contribution in [1.29, 1.82) is 0 Å². The lowest BCUT2D eigenvalue weighted by Gasteiger charge is -2.21. The van der Waals surface area contributed by atoms with E-state index in [0.29, 0.717) is 5.75 Å². The second kappa shape index (κ2) is 7.47. The van der Waals surface area contributed by atoms with E-state index in [1.807, 2.05) is 6.92 Å². The first-order valence-electron chi connectivity index (χ1n) is 7.40. The van der Waals surface area contributed by atoms with Gasteiger partial charge in [0.15, 0.2) is 5.78 Å². The summed E-state index contributed by atoms with van der Waals surface area (Å²) < 4.78 is 0. The van der Waals surface area contributed by atoms with Gasteiger partial charge in [-0.1, -0.05) is 6.92 Å². The second-order valence-corrected chi connectivity index (χ2v) is 6.68. The van der Waals surface area contributed by atoms with Gasteiger partial charge >= 0.3 is 5.97 Å². The van der Waals surface area contributed by atoms with Crippen LogP contribution in [0.15, 0.2) is 35.4 Å². The molecule has 9 heteroatoms. The molecular formula is C16H16N2O6S. The first kappa shape index (κ1) is 18.7. The maximum absolute atomic E-state index is 12.9. The summed E-state index contributed by atoms with van der Waals surface area (Å²) in [6, 6.07) is 5.02. The third-order valence-corrected chi connectivity index (χ3v) is 4.94. The summed E-state index contributed by atoms with van der Waals surface area (Å²) >= 11 is 1.35. The number of thioether (sulfide) groups is 1. The molecule has 0 radical (unpaired) electrons. The Morgan fingerprint density at radius 3 is 2.40 bits per heavy atom. The normalized spacial score (nSPS) is 17.1. The van der Waals surface area contributed by atoms with Gasteiger partial charge in [0, 0.05) is 35.9 Å². The number of amides is 1. The Hall–Kier alpha value is -2.68. The molecule has 1 aromatic carbocycles. The molecular weight excluding hydrogens is 348 g/mol. The zero-order valence-corrected chi connectivity index (χ0v) is 14.4. The monoisotopic (exact) mass is 364 g/mol. The maximum atomic E-state index is 12.9. The van der Waals surface area contributed by atoms with Crippen molar-refractivity contribution in [2.75, 3.05) is 12.8 Å². The van der Waals surface area contributed by atoms with Crippen LogP contribution in [0.1, 0.15) is 23.7 Å². The average molecular weight is 364 g/mol. The molecule has 1 atom stereocenters. The molecule has 1 amide bonds. The Bertz CT molecular complexity index is 771. The fraction of sp³-hybridized carbons (Fsp3) is 0.312. The molecule has 0 saturated heterocycles. The molecule has 0 spiro atoms. The number of aliphatic carboxylic acids is 1. The van der Waals surface area contributed by atoms with Crippen molar-refractivity contribution < 1.29 is 24.4 Å². The molecule has 0 aliphatic carbocycles. The Kier molecular flexibility index (Phi) is 5.58. The number of non-ortho nitro benzene ring substituents is 1. The van der Waals surface area contributed by atoms with Gasteiger partial charge in [0.1, 0.15) is 5.37 Å². The molecule has 1 aromatic rings. The molecule has 0 saturated carbocycles. The minimum absolute atomic E-state index is 0.0377. The molecule has 0 bridgehead atoms. The maximum Gasteiger partial charge on any atom is 0.308 e. The van der Waals surface area contributed by atoms with E-state index in [1.165, 1.54) is 48.0 Å². The van der Waals surface area contributed by atoms with E-state index in [4.69, 9.17) is 5.11 Å². The van der Waals surface area contributed by atoms with Crippen LogP contribution in [0.25, 0.3) is 0 Å². The van der Waals surface area contributed by atoms with E-state index < -0.39 is 34.4 Å². The number of nitrogens with zero attached hydrogens (tertiary/aromatic N) is 2. The van der Waals surface area contributed by atoms with E-state index in [0.717, 1.165) is 0 Å². The van der Waals surface area contributed by atoms with Gasteiger partial charge < -0.3 is 10.0 Å². The Morgan fingerprint density at radius 2 is 1.92 bits per heavy atom. The first-order valence-corrected chi connectivity index (χ1v) is 8.45. The zero-order valence-electron chi connectivity index (χ0n) is 13.6. The van der Waals surface area contributed by atoms with Gasteiger partial charge in [-0.25, -0.2) is 0 Å². The van der Waals surface area contributed by atoms with Crippen LogP contribution in [-0.4, -0.2) is 50.8 Å². The quantitative estimate of drug-likeness (QED) is 0.447. The Labute approximate surface area is 147 Å². The number of likely N-dealkylation sites (N-methyl/N-ethyl adjacent to an activating group) is 1. The Balaban J connectivity index is 2.49. The summed E-state index contributed by atoms with van der Waals surface area (Å²) in [5.74, 6) is -1.55. The third kappa shape index (κ3) is 3.71. The van der Waals surface area contributed by atoms with Crippen molar-refractivity contribution >= 4 is 35.1 Å². The van der Waals surface area contributed by atoms with E-state index >= 15 is 0 Å². The summed E-state index contributed by atoms with van der Waals surface area (Å²) in [4.78, 5) is 47.8. The van der Waals surface area contributed by atoms with Crippen LogP contribution in [0, 0.1) is 10.1 Å². The molecule has 1 aliphatic heterocycles. The summed E-state index contributed by atoms with van der Waals surface area (Å²) in [5, 5.41) is 19.2. The van der Waals surface area contributed by atoms with Gasteiger partial charge in [0.05, 0.1) is 11.3 Å². The van der Waals surface area contributed by atoms with Crippen molar-refractivity contribution in [1.82, 2.24) is 4.90 Å². The lowest BCUT2D eigenvalue weighted by Crippen LogP contribution is -2.31. The number of nitro benzene ring substituents is 1. The molecule has 0 fully saturated rings. The van der Waals surface area contributed by atoms with Crippen LogP contribution in [0.3, 0.4) is 0 Å². The van der Waals surface area contributed by atoms with Gasteiger partial charge in [0.25, 0.3) is 11.6 Å². The number of benzene rings is 1. The van der Waals surface area contributed by atoms with Crippen molar-refractivity contribution in [3.63, 3.8) is 0 Å². The summed E-state index contributed by atoms with van der Waals surface area (Å²) in [6.07, 6.45) is -0.544. The fourth-order valence-electron chi connectivity index (χ4n) is 2.59. The highest BCUT2D eigenvalue weighted by Gasteiger charge is 2.41. The van der Waals surface area contributed by atoms with Crippen LogP contribution in [0.5, 0.6) is 0 Å². The molecule has 8 nitrogen and oxygen atoms in total. The van der Waals surface area contributed by atoms with Crippen molar-refractivity contribution in [3.8, 4) is 0 Å². The number of carboxylic acids is 1. The molecule has 0 aromatic heterocycles. The van der Waals surface area contributed by atoms with Crippen LogP contribution >= 0.6 is 11.8 Å². The summed E-state index contributed by atoms with van der Waals surface area (Å²) in [6.45, 7) is 1.87. The van der Waals surface area contributed by atoms with Gasteiger partial charge in [0.2, 0.25) is 0 Å². The van der Waals surface area contributed by atoms with Gasteiger partial charge in [-0.15, -0.1) is 11.8 Å². The molecule has 0 unspecified atom stereocenters. The third-order valence-electron chi connectivity index (χ3n) is 3.74. The van der Waals surface area contributed by atoms with Crippen molar-refractivity contribution in [2.24, 2.45) is 0 Å². The SMILES string of the molecule is CCS[C@H]1C(C(=O)c2ccc([N+](=O)[O-])cc2)=C(CC(=O)O)C(=O)N1C. The van der Waals surface area contributed by atoms with E-state index in [1.54, 1.807) is 0 Å². The minimum atomic E-state index is -1.20. The lowest BCUT2D eigenvalue weighted by molar-refractivity contribution is -0.384. The number of Topliss-reactive ketones (excluding diaryl/α,β-unsaturated/α-hetero) is 1.